The van der Waals surface area contributed by atoms with Crippen LogP contribution in [0.1, 0.15) is 50.5 Å². The average molecular weight is 695 g/mol. The largest absolute Gasteiger partial charge is 0.493 e. The molecule has 1 saturated heterocycles. The highest BCUT2D eigenvalue weighted by Gasteiger charge is 2.35. The molecule has 2 aliphatic heterocycles. The fraction of sp³-hybridized carbons (Fsp3) is 0.393. The van der Waals surface area contributed by atoms with Gasteiger partial charge in [0.05, 0.1) is 47.1 Å². The molecular formula is C28H29Br2N3O6S. The zero-order chi connectivity index (χ0) is 28.6. The summed E-state index contributed by atoms with van der Waals surface area (Å²) in [6, 6.07) is 4.58. The van der Waals surface area contributed by atoms with E-state index >= 15 is 0 Å². The van der Waals surface area contributed by atoms with Gasteiger partial charge in [-0.3, -0.25) is 9.36 Å². The topological polar surface area (TPSA) is 95.5 Å². The first kappa shape index (κ1) is 28.7. The van der Waals surface area contributed by atoms with Gasteiger partial charge in [-0.2, -0.15) is 0 Å². The smallest absolute Gasteiger partial charge is 0.338 e. The molecule has 0 saturated carbocycles. The number of hydrogen-bond acceptors (Lipinski definition) is 9. The number of aromatic nitrogens is 1. The van der Waals surface area contributed by atoms with Crippen LogP contribution in [0, 0.1) is 0 Å². The van der Waals surface area contributed by atoms with Crippen molar-refractivity contribution in [2.45, 2.75) is 39.2 Å². The standard InChI is InChI=1S/C28H29Br2N3O6S/c1-5-38-27(35)23-15(2)31-28-33(24(23)17-13-20(36-3)21(37-4)14-18(17)29)25(34)22(40-28)12-16-11-19(30)26(39-16)32-9-7-6-8-10-32/h11-14,24H,5-10H2,1-4H3/b22-12+/t24-/m1/s1. The summed E-state index contributed by atoms with van der Waals surface area (Å²) in [7, 11) is 3.08. The summed E-state index contributed by atoms with van der Waals surface area (Å²) in [6.45, 7) is 5.55. The second kappa shape index (κ2) is 12.0. The molecule has 2 aliphatic rings. The van der Waals surface area contributed by atoms with Gasteiger partial charge in [0.1, 0.15) is 5.76 Å². The molecule has 0 N–H and O–H groups in total. The number of hydrogen-bond donors (Lipinski definition) is 0. The lowest BCUT2D eigenvalue weighted by Crippen LogP contribution is -2.40. The van der Waals surface area contributed by atoms with Gasteiger partial charge in [-0.25, -0.2) is 9.79 Å². The number of furan rings is 1. The summed E-state index contributed by atoms with van der Waals surface area (Å²) in [5.41, 5.74) is 1.10. The third kappa shape index (κ3) is 5.28. The molecule has 2 aromatic heterocycles. The summed E-state index contributed by atoms with van der Waals surface area (Å²) in [6.07, 6.45) is 5.18. The number of piperidine rings is 1. The number of ether oxygens (including phenoxy) is 3. The lowest BCUT2D eigenvalue weighted by atomic mass is 9.95. The highest BCUT2D eigenvalue weighted by molar-refractivity contribution is 9.11. The number of fused-ring (bicyclic) bond motifs is 1. The lowest BCUT2D eigenvalue weighted by Gasteiger charge is -2.26. The summed E-state index contributed by atoms with van der Waals surface area (Å²) in [4.78, 5) is 34.6. The van der Waals surface area contributed by atoms with E-state index < -0.39 is 12.0 Å². The molecule has 0 aliphatic carbocycles. The molecule has 3 aromatic rings. The monoisotopic (exact) mass is 693 g/mol. The van der Waals surface area contributed by atoms with Crippen LogP contribution in [0.3, 0.4) is 0 Å². The van der Waals surface area contributed by atoms with Crippen molar-refractivity contribution in [1.29, 1.82) is 0 Å². The number of nitrogens with zero attached hydrogens (tertiary/aromatic N) is 3. The van der Waals surface area contributed by atoms with E-state index in [4.69, 9.17) is 18.6 Å². The molecule has 1 aromatic carbocycles. The van der Waals surface area contributed by atoms with Gasteiger partial charge < -0.3 is 23.5 Å². The molecule has 1 fully saturated rings. The van der Waals surface area contributed by atoms with Gasteiger partial charge in [0.15, 0.2) is 16.3 Å². The first-order valence-corrected chi connectivity index (χ1v) is 15.3. The summed E-state index contributed by atoms with van der Waals surface area (Å²) in [5.74, 6) is 1.77. The number of anilines is 1. The first-order chi connectivity index (χ1) is 19.3. The molecule has 0 bridgehead atoms. The molecular weight excluding hydrogens is 666 g/mol. The lowest BCUT2D eigenvalue weighted by molar-refractivity contribution is -0.139. The second-order valence-electron chi connectivity index (χ2n) is 9.38. The minimum atomic E-state index is -0.807. The molecule has 212 valence electrons. The Bertz CT molecular complexity index is 1670. The van der Waals surface area contributed by atoms with Gasteiger partial charge in [-0.1, -0.05) is 27.3 Å². The number of benzene rings is 1. The molecule has 0 spiro atoms. The molecule has 1 atom stereocenters. The predicted molar refractivity (Wildman–Crippen MR) is 160 cm³/mol. The molecule has 0 unspecified atom stereocenters. The third-order valence-electron chi connectivity index (χ3n) is 6.92. The van der Waals surface area contributed by atoms with Crippen LogP contribution in [0.4, 0.5) is 5.88 Å². The molecule has 0 radical (unpaired) electrons. The van der Waals surface area contributed by atoms with E-state index in [1.165, 1.54) is 29.4 Å². The minimum absolute atomic E-state index is 0.187. The van der Waals surface area contributed by atoms with E-state index in [0.717, 1.165) is 36.3 Å². The normalized spacial score (nSPS) is 17.5. The number of carbonyl (C=O) groups excluding carboxylic acids is 1. The van der Waals surface area contributed by atoms with Crippen molar-refractivity contribution < 1.29 is 23.4 Å². The van der Waals surface area contributed by atoms with Gasteiger partial charge >= 0.3 is 5.97 Å². The van der Waals surface area contributed by atoms with E-state index in [1.54, 1.807) is 39.2 Å². The molecule has 40 heavy (non-hydrogen) atoms. The Hall–Kier alpha value is -2.83. The zero-order valence-corrected chi connectivity index (χ0v) is 26.6. The highest BCUT2D eigenvalue weighted by Crippen LogP contribution is 2.41. The molecule has 4 heterocycles. The Labute approximate surface area is 252 Å². The van der Waals surface area contributed by atoms with Gasteiger partial charge in [0, 0.05) is 29.7 Å². The number of carbonyl (C=O) groups is 1. The van der Waals surface area contributed by atoms with Crippen LogP contribution in [0.25, 0.3) is 6.08 Å². The number of esters is 1. The second-order valence-corrected chi connectivity index (χ2v) is 12.1. The fourth-order valence-corrected chi connectivity index (χ4v) is 7.18. The van der Waals surface area contributed by atoms with Crippen LogP contribution in [0.2, 0.25) is 0 Å². The van der Waals surface area contributed by atoms with Crippen molar-refractivity contribution in [3.05, 3.63) is 69.4 Å². The SMILES string of the molecule is CCOC(=O)C1=C(C)N=c2s/c(=C/c3cc(Br)c(N4CCCCC4)o3)c(=O)n2[C@@H]1c1cc(OC)c(OC)cc1Br. The van der Waals surface area contributed by atoms with E-state index in [-0.39, 0.29) is 17.7 Å². The number of thiazole rings is 1. The number of methoxy groups -OCH3 is 2. The van der Waals surface area contributed by atoms with Crippen LogP contribution in [-0.4, -0.2) is 44.5 Å². The van der Waals surface area contributed by atoms with Gasteiger partial charge in [-0.05, 0) is 66.7 Å². The Morgan fingerprint density at radius 2 is 1.82 bits per heavy atom. The number of rotatable bonds is 7. The summed E-state index contributed by atoms with van der Waals surface area (Å²) in [5, 5.41) is 0. The minimum Gasteiger partial charge on any atom is -0.493 e. The van der Waals surface area contributed by atoms with E-state index in [2.05, 4.69) is 41.8 Å². The van der Waals surface area contributed by atoms with Crippen molar-refractivity contribution in [3.8, 4) is 11.5 Å². The Morgan fingerprint density at radius 1 is 1.12 bits per heavy atom. The maximum absolute atomic E-state index is 14.0. The van der Waals surface area contributed by atoms with Crippen LogP contribution in [-0.2, 0) is 9.53 Å². The van der Waals surface area contributed by atoms with Gasteiger partial charge in [0.25, 0.3) is 5.56 Å². The quantitative estimate of drug-likeness (QED) is 0.324. The van der Waals surface area contributed by atoms with Crippen LogP contribution in [0.5, 0.6) is 11.5 Å². The maximum atomic E-state index is 14.0. The highest BCUT2D eigenvalue weighted by atomic mass is 79.9. The Morgan fingerprint density at radius 3 is 2.50 bits per heavy atom. The Balaban J connectivity index is 1.68. The average Bonchev–Trinajstić information content (AvgIpc) is 3.46. The van der Waals surface area contributed by atoms with Gasteiger partial charge in [0.2, 0.25) is 5.88 Å². The van der Waals surface area contributed by atoms with Gasteiger partial charge in [-0.15, -0.1) is 0 Å². The van der Waals surface area contributed by atoms with E-state index in [9.17, 15) is 9.59 Å². The van der Waals surface area contributed by atoms with Crippen molar-refractivity contribution in [1.82, 2.24) is 4.57 Å². The van der Waals surface area contributed by atoms with Crippen molar-refractivity contribution >= 4 is 61.1 Å². The summed E-state index contributed by atoms with van der Waals surface area (Å²) >= 11 is 8.49. The maximum Gasteiger partial charge on any atom is 0.338 e. The van der Waals surface area contributed by atoms with E-state index in [0.29, 0.717) is 42.3 Å². The van der Waals surface area contributed by atoms with Crippen molar-refractivity contribution in [2.24, 2.45) is 4.99 Å². The van der Waals surface area contributed by atoms with E-state index in [1.807, 2.05) is 6.07 Å². The molecule has 5 rings (SSSR count). The molecule has 0 amide bonds. The molecule has 9 nitrogen and oxygen atoms in total. The van der Waals surface area contributed by atoms with Crippen LogP contribution >= 0.6 is 43.2 Å². The fourth-order valence-electron chi connectivity index (χ4n) is 5.05. The van der Waals surface area contributed by atoms with Crippen molar-refractivity contribution in [3.63, 3.8) is 0 Å². The predicted octanol–water partition coefficient (Wildman–Crippen LogP) is 4.92. The zero-order valence-electron chi connectivity index (χ0n) is 22.6. The first-order valence-electron chi connectivity index (χ1n) is 12.9. The summed E-state index contributed by atoms with van der Waals surface area (Å²) < 4.78 is 26.0. The number of halogens is 2. The Kier molecular flexibility index (Phi) is 8.58. The van der Waals surface area contributed by atoms with Crippen molar-refractivity contribution in [2.75, 3.05) is 38.8 Å². The van der Waals surface area contributed by atoms with Crippen LogP contribution in [0.15, 0.2) is 52.6 Å². The number of allylic oxidation sites excluding steroid dienone is 1. The molecule has 12 heteroatoms. The van der Waals surface area contributed by atoms with Crippen LogP contribution < -0.4 is 29.3 Å². The third-order valence-corrected chi connectivity index (χ3v) is 9.16.